The highest BCUT2D eigenvalue weighted by Crippen LogP contribution is 2.36. The molecule has 22 heavy (non-hydrogen) atoms. The van der Waals surface area contributed by atoms with Crippen LogP contribution in [0.3, 0.4) is 0 Å². The number of phenols is 1. The van der Waals surface area contributed by atoms with Gasteiger partial charge in [0.15, 0.2) is 0 Å². The van der Waals surface area contributed by atoms with Crippen molar-refractivity contribution in [3.8, 4) is 16.9 Å². The number of rotatable bonds is 4. The highest BCUT2D eigenvalue weighted by Gasteiger charge is 2.25. The summed E-state index contributed by atoms with van der Waals surface area (Å²) in [5.41, 5.74) is 2.94. The molecule has 1 fully saturated rings. The molecule has 0 saturated carbocycles. The highest BCUT2D eigenvalue weighted by atomic mass is 16.3. The van der Waals surface area contributed by atoms with Crippen LogP contribution in [0, 0.1) is 0 Å². The number of phenolic OH excluding ortho intramolecular Hbond substituents is 1. The third kappa shape index (κ3) is 3.01. The van der Waals surface area contributed by atoms with E-state index in [-0.39, 0.29) is 6.17 Å². The van der Waals surface area contributed by atoms with Crippen molar-refractivity contribution in [1.29, 1.82) is 0 Å². The quantitative estimate of drug-likeness (QED) is 0.901. The molecule has 0 bridgehead atoms. The van der Waals surface area contributed by atoms with Gasteiger partial charge in [0.2, 0.25) is 0 Å². The molecule has 1 aliphatic heterocycles. The molecule has 0 aromatic heterocycles. The fourth-order valence-corrected chi connectivity index (χ4v) is 3.25. The molecule has 0 aliphatic carbocycles. The van der Waals surface area contributed by atoms with Crippen molar-refractivity contribution >= 4 is 0 Å². The van der Waals surface area contributed by atoms with Crippen LogP contribution in [0.2, 0.25) is 0 Å². The second kappa shape index (κ2) is 6.95. The summed E-state index contributed by atoms with van der Waals surface area (Å²) in [5.74, 6) is 0.397. The molecule has 2 aromatic rings. The molecule has 3 rings (SSSR count). The van der Waals surface area contributed by atoms with Crippen LogP contribution in [0.15, 0.2) is 48.5 Å². The highest BCUT2D eigenvalue weighted by molar-refractivity contribution is 5.71. The van der Waals surface area contributed by atoms with Gasteiger partial charge in [0.25, 0.3) is 0 Å². The molecule has 2 aromatic carbocycles. The number of nitrogens with one attached hydrogen (secondary N) is 1. The molecular formula is C19H24N2O. The average molecular weight is 296 g/mol. The minimum absolute atomic E-state index is 0.109. The van der Waals surface area contributed by atoms with E-state index in [1.165, 1.54) is 0 Å². The Bertz CT molecular complexity index is 610. The first kappa shape index (κ1) is 15.1. The van der Waals surface area contributed by atoms with Crippen LogP contribution in [-0.4, -0.2) is 29.6 Å². The van der Waals surface area contributed by atoms with Gasteiger partial charge >= 0.3 is 0 Å². The molecule has 1 atom stereocenters. The summed E-state index contributed by atoms with van der Waals surface area (Å²) in [7, 11) is 0. The van der Waals surface area contributed by atoms with Crippen molar-refractivity contribution in [1.82, 2.24) is 10.2 Å². The lowest BCUT2D eigenvalue weighted by atomic mass is 9.99. The number of aromatic hydroxyl groups is 1. The lowest BCUT2D eigenvalue weighted by Gasteiger charge is -2.37. The van der Waals surface area contributed by atoms with E-state index < -0.39 is 0 Å². The van der Waals surface area contributed by atoms with Crippen LogP contribution in [0.4, 0.5) is 0 Å². The van der Waals surface area contributed by atoms with E-state index in [1.807, 2.05) is 48.5 Å². The van der Waals surface area contributed by atoms with Gasteiger partial charge in [0.05, 0.1) is 6.17 Å². The summed E-state index contributed by atoms with van der Waals surface area (Å²) >= 11 is 0. The van der Waals surface area contributed by atoms with Crippen LogP contribution < -0.4 is 5.32 Å². The number of nitrogens with zero attached hydrogens (tertiary/aromatic N) is 1. The number of hydrogen-bond donors (Lipinski definition) is 2. The molecule has 0 radical (unpaired) electrons. The standard InChI is InChI=1S/C19H24N2O/c1-2-13-21-14-7-12-20-19(21)17-11-6-10-16(18(17)22)15-8-4-3-5-9-15/h3-6,8-11,19-20,22H,2,7,12-14H2,1H3. The smallest absolute Gasteiger partial charge is 0.129 e. The van der Waals surface area contributed by atoms with Crippen LogP contribution in [0.25, 0.3) is 11.1 Å². The molecule has 0 amide bonds. The van der Waals surface area contributed by atoms with Gasteiger partial charge < -0.3 is 5.11 Å². The Hall–Kier alpha value is -1.84. The molecule has 0 spiro atoms. The van der Waals surface area contributed by atoms with Gasteiger partial charge in [-0.05, 0) is 31.5 Å². The lowest BCUT2D eigenvalue weighted by Crippen LogP contribution is -2.45. The molecule has 2 N–H and O–H groups in total. The van der Waals surface area contributed by atoms with E-state index in [0.29, 0.717) is 5.75 Å². The third-order valence-corrected chi connectivity index (χ3v) is 4.28. The van der Waals surface area contributed by atoms with E-state index in [9.17, 15) is 5.11 Å². The minimum Gasteiger partial charge on any atom is -0.507 e. The zero-order chi connectivity index (χ0) is 15.4. The van der Waals surface area contributed by atoms with E-state index >= 15 is 0 Å². The van der Waals surface area contributed by atoms with Crippen molar-refractivity contribution in [3.05, 3.63) is 54.1 Å². The van der Waals surface area contributed by atoms with Gasteiger partial charge in [-0.2, -0.15) is 0 Å². The first-order valence-electron chi connectivity index (χ1n) is 8.16. The predicted octanol–water partition coefficient (Wildman–Crippen LogP) is 3.76. The monoisotopic (exact) mass is 296 g/mol. The molecule has 1 unspecified atom stereocenters. The summed E-state index contributed by atoms with van der Waals surface area (Å²) in [6.45, 7) is 5.33. The van der Waals surface area contributed by atoms with Crippen LogP contribution >= 0.6 is 0 Å². The first-order chi connectivity index (χ1) is 10.8. The van der Waals surface area contributed by atoms with Gasteiger partial charge in [-0.15, -0.1) is 0 Å². The third-order valence-electron chi connectivity index (χ3n) is 4.28. The molecule has 1 heterocycles. The summed E-state index contributed by atoms with van der Waals surface area (Å²) in [4.78, 5) is 2.42. The van der Waals surface area contributed by atoms with E-state index in [2.05, 4.69) is 17.1 Å². The molecule has 3 nitrogen and oxygen atoms in total. The first-order valence-corrected chi connectivity index (χ1v) is 8.16. The average Bonchev–Trinajstić information content (AvgIpc) is 2.57. The Morgan fingerprint density at radius 1 is 1.14 bits per heavy atom. The van der Waals surface area contributed by atoms with E-state index in [4.69, 9.17) is 0 Å². The lowest BCUT2D eigenvalue weighted by molar-refractivity contribution is 0.129. The zero-order valence-electron chi connectivity index (χ0n) is 13.1. The Balaban J connectivity index is 1.97. The second-order valence-electron chi connectivity index (χ2n) is 5.86. The zero-order valence-corrected chi connectivity index (χ0v) is 13.1. The Labute approximate surface area is 132 Å². The van der Waals surface area contributed by atoms with Gasteiger partial charge in [0.1, 0.15) is 5.75 Å². The fraction of sp³-hybridized carbons (Fsp3) is 0.368. The maximum absolute atomic E-state index is 10.8. The molecule has 116 valence electrons. The fourth-order valence-electron chi connectivity index (χ4n) is 3.25. The van der Waals surface area contributed by atoms with Crippen molar-refractivity contribution in [2.24, 2.45) is 0 Å². The van der Waals surface area contributed by atoms with Crippen LogP contribution in [0.1, 0.15) is 31.5 Å². The Kier molecular flexibility index (Phi) is 4.76. The molecule has 1 aliphatic rings. The maximum atomic E-state index is 10.8. The van der Waals surface area contributed by atoms with Gasteiger partial charge in [-0.25, -0.2) is 0 Å². The number of hydrogen-bond acceptors (Lipinski definition) is 3. The minimum atomic E-state index is 0.109. The predicted molar refractivity (Wildman–Crippen MR) is 90.8 cm³/mol. The maximum Gasteiger partial charge on any atom is 0.129 e. The largest absolute Gasteiger partial charge is 0.507 e. The second-order valence-corrected chi connectivity index (χ2v) is 5.86. The summed E-state index contributed by atoms with van der Waals surface area (Å²) < 4.78 is 0. The van der Waals surface area contributed by atoms with Crippen molar-refractivity contribution in [3.63, 3.8) is 0 Å². The Morgan fingerprint density at radius 3 is 2.73 bits per heavy atom. The molecule has 1 saturated heterocycles. The number of para-hydroxylation sites is 1. The Morgan fingerprint density at radius 2 is 1.95 bits per heavy atom. The van der Waals surface area contributed by atoms with Crippen molar-refractivity contribution in [2.45, 2.75) is 25.9 Å². The van der Waals surface area contributed by atoms with Crippen LogP contribution in [-0.2, 0) is 0 Å². The SMILES string of the molecule is CCCN1CCCNC1c1cccc(-c2ccccc2)c1O. The summed E-state index contributed by atoms with van der Waals surface area (Å²) in [6.07, 6.45) is 2.39. The van der Waals surface area contributed by atoms with Crippen molar-refractivity contribution in [2.75, 3.05) is 19.6 Å². The normalized spacial score (nSPS) is 19.2. The van der Waals surface area contributed by atoms with Crippen LogP contribution in [0.5, 0.6) is 5.75 Å². The van der Waals surface area contributed by atoms with E-state index in [0.717, 1.165) is 49.2 Å². The topological polar surface area (TPSA) is 35.5 Å². The molecular weight excluding hydrogens is 272 g/mol. The van der Waals surface area contributed by atoms with Gasteiger partial charge in [-0.3, -0.25) is 10.2 Å². The van der Waals surface area contributed by atoms with Gasteiger partial charge in [-0.1, -0.05) is 55.5 Å². The summed E-state index contributed by atoms with van der Waals surface area (Å²) in [6, 6.07) is 16.1. The number of benzene rings is 2. The van der Waals surface area contributed by atoms with Gasteiger partial charge in [0, 0.05) is 17.7 Å². The van der Waals surface area contributed by atoms with E-state index in [1.54, 1.807) is 0 Å². The molecule has 3 heteroatoms. The van der Waals surface area contributed by atoms with Crippen molar-refractivity contribution < 1.29 is 5.11 Å². The summed E-state index contributed by atoms with van der Waals surface area (Å²) in [5, 5.41) is 14.4.